The molecule has 7 heteroatoms. The molecule has 4 aromatic rings. The van der Waals surface area contributed by atoms with Gasteiger partial charge < -0.3 is 5.32 Å². The molecule has 0 unspecified atom stereocenters. The van der Waals surface area contributed by atoms with Crippen LogP contribution in [0.15, 0.2) is 67.1 Å². The van der Waals surface area contributed by atoms with Gasteiger partial charge in [0.1, 0.15) is 12.1 Å². The number of fused-ring (bicyclic) bond motifs is 1. The maximum atomic E-state index is 12.3. The number of benzene rings is 1. The highest BCUT2D eigenvalue weighted by molar-refractivity contribution is 5.79. The number of carbonyl (C=O) groups is 1. The van der Waals surface area contributed by atoms with E-state index >= 15 is 0 Å². The third-order valence-corrected chi connectivity index (χ3v) is 4.02. The fourth-order valence-electron chi connectivity index (χ4n) is 2.76. The van der Waals surface area contributed by atoms with Crippen molar-refractivity contribution in [3.05, 3.63) is 72.7 Å². The Hall–Kier alpha value is -3.61. The number of hydrogen-bond acceptors (Lipinski definition) is 5. The van der Waals surface area contributed by atoms with Crippen molar-refractivity contribution in [3.8, 4) is 11.3 Å². The van der Waals surface area contributed by atoms with Crippen LogP contribution in [0.25, 0.3) is 22.3 Å². The summed E-state index contributed by atoms with van der Waals surface area (Å²) < 4.78 is 1.59. The number of rotatable bonds is 5. The van der Waals surface area contributed by atoms with E-state index in [1.165, 1.54) is 0 Å². The molecule has 0 saturated carbocycles. The Kier molecular flexibility index (Phi) is 4.34. The summed E-state index contributed by atoms with van der Waals surface area (Å²) in [5.41, 5.74) is 4.26. The molecule has 0 bridgehead atoms. The highest BCUT2D eigenvalue weighted by atomic mass is 16.2. The first-order valence-corrected chi connectivity index (χ1v) is 8.20. The second kappa shape index (κ2) is 7.10. The van der Waals surface area contributed by atoms with Crippen molar-refractivity contribution in [3.63, 3.8) is 0 Å². The van der Waals surface area contributed by atoms with Gasteiger partial charge in [-0.1, -0.05) is 23.4 Å². The van der Waals surface area contributed by atoms with Crippen LogP contribution in [0, 0.1) is 0 Å². The Labute approximate surface area is 149 Å². The maximum absolute atomic E-state index is 12.3. The SMILES string of the molecule is O=C(Cn1nnc2ccccc21)NCc1cccnc1-c1cccnc1. The summed E-state index contributed by atoms with van der Waals surface area (Å²) >= 11 is 0. The molecular formula is C19H16N6O. The molecule has 1 N–H and O–H groups in total. The monoisotopic (exact) mass is 344 g/mol. The zero-order valence-corrected chi connectivity index (χ0v) is 13.9. The summed E-state index contributed by atoms with van der Waals surface area (Å²) in [6.07, 6.45) is 5.21. The van der Waals surface area contributed by atoms with E-state index in [1.54, 1.807) is 23.3 Å². The van der Waals surface area contributed by atoms with Gasteiger partial charge in [0.05, 0.1) is 11.2 Å². The highest BCUT2D eigenvalue weighted by Crippen LogP contribution is 2.19. The zero-order valence-electron chi connectivity index (χ0n) is 13.9. The largest absolute Gasteiger partial charge is 0.350 e. The fraction of sp³-hybridized carbons (Fsp3) is 0.105. The average molecular weight is 344 g/mol. The lowest BCUT2D eigenvalue weighted by Crippen LogP contribution is -2.27. The van der Waals surface area contributed by atoms with Crippen LogP contribution in [-0.4, -0.2) is 30.9 Å². The smallest absolute Gasteiger partial charge is 0.242 e. The average Bonchev–Trinajstić information content (AvgIpc) is 3.10. The van der Waals surface area contributed by atoms with Gasteiger partial charge in [-0.15, -0.1) is 5.10 Å². The summed E-state index contributed by atoms with van der Waals surface area (Å²) in [5, 5.41) is 11.0. The summed E-state index contributed by atoms with van der Waals surface area (Å²) in [6.45, 7) is 0.493. The fourth-order valence-corrected chi connectivity index (χ4v) is 2.76. The number of hydrogen-bond donors (Lipinski definition) is 1. The molecule has 0 aliphatic heterocycles. The van der Waals surface area contributed by atoms with E-state index in [4.69, 9.17) is 0 Å². The Morgan fingerprint density at radius 3 is 2.81 bits per heavy atom. The minimum atomic E-state index is -0.137. The molecule has 0 atom stereocenters. The van der Waals surface area contributed by atoms with Gasteiger partial charge in [-0.2, -0.15) is 0 Å². The minimum Gasteiger partial charge on any atom is -0.350 e. The van der Waals surface area contributed by atoms with Crippen LogP contribution in [-0.2, 0) is 17.9 Å². The standard InChI is InChI=1S/C19H16N6O/c26-18(13-25-17-8-2-1-7-16(17)23-24-25)22-12-15-6-4-10-21-19(15)14-5-3-9-20-11-14/h1-11H,12-13H2,(H,22,26). The lowest BCUT2D eigenvalue weighted by Gasteiger charge is -2.10. The Bertz CT molecular complexity index is 1040. The second-order valence-corrected chi connectivity index (χ2v) is 5.77. The lowest BCUT2D eigenvalue weighted by molar-refractivity contribution is -0.121. The van der Waals surface area contributed by atoms with Gasteiger partial charge in [0.25, 0.3) is 0 Å². The number of carbonyl (C=O) groups excluding carboxylic acids is 1. The molecule has 0 fully saturated rings. The number of aromatic nitrogens is 5. The van der Waals surface area contributed by atoms with Gasteiger partial charge >= 0.3 is 0 Å². The van der Waals surface area contributed by atoms with Crippen molar-refractivity contribution >= 4 is 16.9 Å². The molecule has 0 aliphatic carbocycles. The van der Waals surface area contributed by atoms with E-state index in [2.05, 4.69) is 25.6 Å². The van der Waals surface area contributed by atoms with Crippen molar-refractivity contribution < 1.29 is 4.79 Å². The summed E-state index contributed by atoms with van der Waals surface area (Å²) in [6, 6.07) is 15.2. The molecule has 4 rings (SSSR count). The predicted molar refractivity (Wildman–Crippen MR) is 96.8 cm³/mol. The molecule has 128 valence electrons. The minimum absolute atomic E-state index is 0.114. The van der Waals surface area contributed by atoms with E-state index in [9.17, 15) is 4.79 Å². The molecule has 1 aromatic carbocycles. The number of amides is 1. The molecule has 0 spiro atoms. The van der Waals surface area contributed by atoms with Crippen molar-refractivity contribution in [2.75, 3.05) is 0 Å². The summed E-state index contributed by atoms with van der Waals surface area (Å²) in [7, 11) is 0. The Morgan fingerprint density at radius 2 is 1.92 bits per heavy atom. The van der Waals surface area contributed by atoms with Gasteiger partial charge in [-0.25, -0.2) is 4.68 Å². The molecule has 0 saturated heterocycles. The predicted octanol–water partition coefficient (Wildman–Crippen LogP) is 2.20. The number of nitrogens with one attached hydrogen (secondary N) is 1. The highest BCUT2D eigenvalue weighted by Gasteiger charge is 2.10. The molecule has 26 heavy (non-hydrogen) atoms. The zero-order chi connectivity index (χ0) is 17.8. The first-order chi connectivity index (χ1) is 12.8. The third kappa shape index (κ3) is 3.27. The van der Waals surface area contributed by atoms with Crippen molar-refractivity contribution in [2.24, 2.45) is 0 Å². The van der Waals surface area contributed by atoms with Crippen LogP contribution >= 0.6 is 0 Å². The van der Waals surface area contributed by atoms with E-state index in [0.29, 0.717) is 6.54 Å². The van der Waals surface area contributed by atoms with Gasteiger partial charge in [0.2, 0.25) is 5.91 Å². The molecule has 0 aliphatic rings. The number of pyridine rings is 2. The van der Waals surface area contributed by atoms with Crippen LogP contribution in [0.2, 0.25) is 0 Å². The van der Waals surface area contributed by atoms with E-state index in [0.717, 1.165) is 27.9 Å². The van der Waals surface area contributed by atoms with Gasteiger partial charge in [-0.05, 0) is 35.9 Å². The summed E-state index contributed by atoms with van der Waals surface area (Å²) in [5.74, 6) is -0.137. The van der Waals surface area contributed by atoms with E-state index in [-0.39, 0.29) is 12.5 Å². The van der Waals surface area contributed by atoms with Crippen molar-refractivity contribution in [2.45, 2.75) is 13.1 Å². The topological polar surface area (TPSA) is 85.6 Å². The molecule has 1 amide bonds. The first kappa shape index (κ1) is 15.9. The van der Waals surface area contributed by atoms with Crippen LogP contribution in [0.1, 0.15) is 5.56 Å². The molecule has 3 aromatic heterocycles. The molecule has 7 nitrogen and oxygen atoms in total. The van der Waals surface area contributed by atoms with Gasteiger partial charge in [0.15, 0.2) is 0 Å². The van der Waals surface area contributed by atoms with Gasteiger partial charge in [0, 0.05) is 30.7 Å². The maximum Gasteiger partial charge on any atom is 0.242 e. The quantitative estimate of drug-likeness (QED) is 0.600. The molecular weight excluding hydrogens is 328 g/mol. The van der Waals surface area contributed by atoms with Gasteiger partial charge in [-0.3, -0.25) is 14.8 Å². The summed E-state index contributed by atoms with van der Waals surface area (Å²) in [4.78, 5) is 20.9. The molecule has 3 heterocycles. The van der Waals surface area contributed by atoms with Crippen LogP contribution in [0.5, 0.6) is 0 Å². The normalized spacial score (nSPS) is 10.8. The lowest BCUT2D eigenvalue weighted by atomic mass is 10.1. The number of para-hydroxylation sites is 1. The van der Waals surface area contributed by atoms with Crippen molar-refractivity contribution in [1.82, 2.24) is 30.3 Å². The molecule has 0 radical (unpaired) electrons. The third-order valence-electron chi connectivity index (χ3n) is 4.02. The Balaban J connectivity index is 1.47. The number of nitrogens with zero attached hydrogens (tertiary/aromatic N) is 5. The second-order valence-electron chi connectivity index (χ2n) is 5.77. The first-order valence-electron chi connectivity index (χ1n) is 8.20. The van der Waals surface area contributed by atoms with E-state index < -0.39 is 0 Å². The van der Waals surface area contributed by atoms with Crippen LogP contribution < -0.4 is 5.32 Å². The van der Waals surface area contributed by atoms with Crippen LogP contribution in [0.4, 0.5) is 0 Å². The van der Waals surface area contributed by atoms with Crippen molar-refractivity contribution in [1.29, 1.82) is 0 Å². The van der Waals surface area contributed by atoms with E-state index in [1.807, 2.05) is 48.5 Å². The Morgan fingerprint density at radius 1 is 1.04 bits per heavy atom. The van der Waals surface area contributed by atoms with Crippen LogP contribution in [0.3, 0.4) is 0 Å².